The van der Waals surface area contributed by atoms with Crippen LogP contribution >= 0.6 is 0 Å². The SMILES string of the molecule is CCCNCC(C(C)C)N(CC)C1CC1. The van der Waals surface area contributed by atoms with Gasteiger partial charge in [0.2, 0.25) is 0 Å². The Morgan fingerprint density at radius 3 is 2.33 bits per heavy atom. The van der Waals surface area contributed by atoms with Gasteiger partial charge < -0.3 is 5.32 Å². The van der Waals surface area contributed by atoms with E-state index in [9.17, 15) is 0 Å². The minimum Gasteiger partial charge on any atom is -0.315 e. The smallest absolute Gasteiger partial charge is 0.0246 e. The van der Waals surface area contributed by atoms with Gasteiger partial charge in [-0.15, -0.1) is 0 Å². The fourth-order valence-corrected chi connectivity index (χ4v) is 2.33. The minimum absolute atomic E-state index is 0.731. The average molecular weight is 212 g/mol. The Kier molecular flexibility index (Phi) is 5.62. The molecular formula is C13H28N2. The maximum atomic E-state index is 3.57. The van der Waals surface area contributed by atoms with Crippen LogP contribution in [0.3, 0.4) is 0 Å². The predicted molar refractivity (Wildman–Crippen MR) is 67.2 cm³/mol. The number of hydrogen-bond donors (Lipinski definition) is 1. The van der Waals surface area contributed by atoms with Crippen molar-refractivity contribution in [2.24, 2.45) is 5.92 Å². The molecular weight excluding hydrogens is 184 g/mol. The van der Waals surface area contributed by atoms with E-state index in [1.54, 1.807) is 0 Å². The first-order valence-corrected chi connectivity index (χ1v) is 6.67. The highest BCUT2D eigenvalue weighted by atomic mass is 15.2. The number of rotatable bonds is 8. The van der Waals surface area contributed by atoms with Gasteiger partial charge in [0.25, 0.3) is 0 Å². The Labute approximate surface area is 95.4 Å². The summed E-state index contributed by atoms with van der Waals surface area (Å²) in [6, 6.07) is 1.62. The molecule has 0 radical (unpaired) electrons. The fourth-order valence-electron chi connectivity index (χ4n) is 2.33. The molecule has 0 heterocycles. The molecule has 0 aromatic rings. The molecule has 1 unspecified atom stereocenters. The summed E-state index contributed by atoms with van der Waals surface area (Å²) in [5, 5.41) is 3.57. The molecule has 0 bridgehead atoms. The first kappa shape index (κ1) is 13.0. The molecule has 1 saturated carbocycles. The Bertz CT molecular complexity index is 164. The summed E-state index contributed by atoms with van der Waals surface area (Å²) in [5.41, 5.74) is 0. The van der Waals surface area contributed by atoms with E-state index in [2.05, 4.69) is 37.9 Å². The molecule has 1 fully saturated rings. The predicted octanol–water partition coefficient (Wildman–Crippen LogP) is 2.49. The van der Waals surface area contributed by atoms with Gasteiger partial charge in [-0.2, -0.15) is 0 Å². The van der Waals surface area contributed by atoms with Crippen LogP contribution in [0, 0.1) is 5.92 Å². The second kappa shape index (κ2) is 6.49. The Hall–Kier alpha value is -0.0800. The van der Waals surface area contributed by atoms with Crippen molar-refractivity contribution in [3.05, 3.63) is 0 Å². The summed E-state index contributed by atoms with van der Waals surface area (Å²) in [7, 11) is 0. The molecule has 90 valence electrons. The van der Waals surface area contributed by atoms with E-state index in [1.807, 2.05) is 0 Å². The lowest BCUT2D eigenvalue weighted by atomic mass is 10.0. The van der Waals surface area contributed by atoms with Crippen molar-refractivity contribution in [2.75, 3.05) is 19.6 Å². The van der Waals surface area contributed by atoms with Gasteiger partial charge in [-0.1, -0.05) is 27.7 Å². The molecule has 1 aliphatic carbocycles. The van der Waals surface area contributed by atoms with Gasteiger partial charge in [0, 0.05) is 18.6 Å². The standard InChI is InChI=1S/C13H28N2/c1-5-9-14-10-13(11(3)4)15(6-2)12-7-8-12/h11-14H,5-10H2,1-4H3. The van der Waals surface area contributed by atoms with Gasteiger partial charge in [0.05, 0.1) is 0 Å². The molecule has 2 nitrogen and oxygen atoms in total. The van der Waals surface area contributed by atoms with E-state index in [1.165, 1.54) is 25.8 Å². The molecule has 1 atom stereocenters. The largest absolute Gasteiger partial charge is 0.315 e. The Balaban J connectivity index is 2.39. The van der Waals surface area contributed by atoms with E-state index in [-0.39, 0.29) is 0 Å². The highest BCUT2D eigenvalue weighted by Gasteiger charge is 2.33. The van der Waals surface area contributed by atoms with Crippen LogP contribution in [0.5, 0.6) is 0 Å². The van der Waals surface area contributed by atoms with Gasteiger partial charge in [0.1, 0.15) is 0 Å². The fraction of sp³-hybridized carbons (Fsp3) is 1.00. The van der Waals surface area contributed by atoms with Gasteiger partial charge in [0.15, 0.2) is 0 Å². The molecule has 1 rings (SSSR count). The molecule has 1 N–H and O–H groups in total. The number of nitrogens with zero attached hydrogens (tertiary/aromatic N) is 1. The molecule has 0 aromatic heterocycles. The number of nitrogens with one attached hydrogen (secondary N) is 1. The molecule has 0 aromatic carbocycles. The van der Waals surface area contributed by atoms with E-state index in [0.717, 1.165) is 31.1 Å². The molecule has 0 spiro atoms. The van der Waals surface area contributed by atoms with Crippen molar-refractivity contribution in [3.8, 4) is 0 Å². The minimum atomic E-state index is 0.731. The van der Waals surface area contributed by atoms with Gasteiger partial charge >= 0.3 is 0 Å². The second-order valence-electron chi connectivity index (χ2n) is 5.08. The molecule has 0 saturated heterocycles. The zero-order chi connectivity index (χ0) is 11.3. The Morgan fingerprint density at radius 1 is 1.27 bits per heavy atom. The number of likely N-dealkylation sites (N-methyl/N-ethyl adjacent to an activating group) is 1. The number of hydrogen-bond acceptors (Lipinski definition) is 2. The van der Waals surface area contributed by atoms with Crippen LogP contribution in [0.4, 0.5) is 0 Å². The Morgan fingerprint density at radius 2 is 1.93 bits per heavy atom. The van der Waals surface area contributed by atoms with Gasteiger partial charge in [-0.05, 0) is 38.3 Å². The maximum absolute atomic E-state index is 3.57. The van der Waals surface area contributed by atoms with Gasteiger partial charge in [-0.25, -0.2) is 0 Å². The van der Waals surface area contributed by atoms with Crippen LogP contribution in [-0.4, -0.2) is 36.6 Å². The molecule has 0 amide bonds. The summed E-state index contributed by atoms with van der Waals surface area (Å²) >= 11 is 0. The van der Waals surface area contributed by atoms with Crippen LogP contribution in [-0.2, 0) is 0 Å². The normalized spacial score (nSPS) is 18.8. The highest BCUT2D eigenvalue weighted by molar-refractivity contribution is 4.90. The third kappa shape index (κ3) is 4.12. The third-order valence-electron chi connectivity index (χ3n) is 3.36. The van der Waals surface area contributed by atoms with Crippen molar-refractivity contribution in [2.45, 2.75) is 59.0 Å². The van der Waals surface area contributed by atoms with E-state index >= 15 is 0 Å². The first-order chi connectivity index (χ1) is 7.20. The van der Waals surface area contributed by atoms with Crippen molar-refractivity contribution < 1.29 is 0 Å². The zero-order valence-electron chi connectivity index (χ0n) is 10.9. The summed E-state index contributed by atoms with van der Waals surface area (Å²) in [4.78, 5) is 2.70. The monoisotopic (exact) mass is 212 g/mol. The van der Waals surface area contributed by atoms with Crippen molar-refractivity contribution in [1.29, 1.82) is 0 Å². The lowest BCUT2D eigenvalue weighted by molar-refractivity contribution is 0.150. The lowest BCUT2D eigenvalue weighted by Gasteiger charge is -2.34. The highest BCUT2D eigenvalue weighted by Crippen LogP contribution is 2.30. The van der Waals surface area contributed by atoms with E-state index < -0.39 is 0 Å². The van der Waals surface area contributed by atoms with Crippen molar-refractivity contribution in [3.63, 3.8) is 0 Å². The second-order valence-corrected chi connectivity index (χ2v) is 5.08. The van der Waals surface area contributed by atoms with E-state index in [0.29, 0.717) is 0 Å². The van der Waals surface area contributed by atoms with Crippen molar-refractivity contribution >= 4 is 0 Å². The van der Waals surface area contributed by atoms with Crippen LogP contribution in [0.2, 0.25) is 0 Å². The third-order valence-corrected chi connectivity index (χ3v) is 3.36. The molecule has 0 aliphatic heterocycles. The maximum Gasteiger partial charge on any atom is 0.0246 e. The summed E-state index contributed by atoms with van der Waals surface area (Å²) in [5.74, 6) is 0.759. The molecule has 1 aliphatic rings. The van der Waals surface area contributed by atoms with Crippen LogP contribution in [0.15, 0.2) is 0 Å². The first-order valence-electron chi connectivity index (χ1n) is 6.67. The summed E-state index contributed by atoms with van der Waals surface area (Å²) in [6.45, 7) is 12.8. The molecule has 2 heteroatoms. The van der Waals surface area contributed by atoms with Gasteiger partial charge in [-0.3, -0.25) is 4.90 Å². The quantitative estimate of drug-likeness (QED) is 0.622. The zero-order valence-corrected chi connectivity index (χ0v) is 10.9. The van der Waals surface area contributed by atoms with Crippen molar-refractivity contribution in [1.82, 2.24) is 10.2 Å². The van der Waals surface area contributed by atoms with Crippen LogP contribution < -0.4 is 5.32 Å². The lowest BCUT2D eigenvalue weighted by Crippen LogP contribution is -2.46. The topological polar surface area (TPSA) is 15.3 Å². The summed E-state index contributed by atoms with van der Waals surface area (Å²) in [6.07, 6.45) is 4.08. The van der Waals surface area contributed by atoms with E-state index in [4.69, 9.17) is 0 Å². The van der Waals surface area contributed by atoms with Crippen LogP contribution in [0.25, 0.3) is 0 Å². The summed E-state index contributed by atoms with van der Waals surface area (Å²) < 4.78 is 0. The van der Waals surface area contributed by atoms with Crippen LogP contribution in [0.1, 0.15) is 47.0 Å². The average Bonchev–Trinajstić information content (AvgIpc) is 3.00. The molecule has 15 heavy (non-hydrogen) atoms.